The molecule has 1 fully saturated rings. The summed E-state index contributed by atoms with van der Waals surface area (Å²) in [6, 6.07) is 5.06. The first kappa shape index (κ1) is 14.3. The van der Waals surface area contributed by atoms with Gasteiger partial charge in [0.15, 0.2) is 0 Å². The quantitative estimate of drug-likeness (QED) is 0.640. The predicted molar refractivity (Wildman–Crippen MR) is 77.0 cm³/mol. The van der Waals surface area contributed by atoms with Crippen molar-refractivity contribution >= 4 is 17.3 Å². The van der Waals surface area contributed by atoms with Crippen molar-refractivity contribution in [2.75, 3.05) is 18.9 Å². The number of carbonyl (C=O) groups is 1. The molecule has 6 nitrogen and oxygen atoms in total. The number of nitrogens with one attached hydrogen (secondary N) is 1. The van der Waals surface area contributed by atoms with Crippen LogP contribution in [0.4, 0.5) is 11.4 Å². The molecule has 1 aromatic carbocycles. The molecule has 0 saturated heterocycles. The van der Waals surface area contributed by atoms with Crippen molar-refractivity contribution < 1.29 is 9.72 Å². The number of benzene rings is 1. The second-order valence-electron chi connectivity index (χ2n) is 4.94. The minimum atomic E-state index is -0.490. The lowest BCUT2D eigenvalue weighted by atomic mass is 10.1. The summed E-state index contributed by atoms with van der Waals surface area (Å²) in [5.41, 5.74) is 0.400. The summed E-state index contributed by atoms with van der Waals surface area (Å²) in [7, 11) is 1.61. The van der Waals surface area contributed by atoms with Crippen LogP contribution in [-0.4, -0.2) is 35.4 Å². The molecule has 6 heteroatoms. The Morgan fingerprint density at radius 1 is 1.50 bits per heavy atom. The molecule has 2 rings (SSSR count). The Bertz CT molecular complexity index is 526. The first-order chi connectivity index (χ1) is 9.60. The van der Waals surface area contributed by atoms with E-state index >= 15 is 0 Å². The summed E-state index contributed by atoms with van der Waals surface area (Å²) in [4.78, 5) is 25.1. The SMILES string of the molecule is CCCN(C(=O)c1cccc(NC)c1[N+](=O)[O-])C1CC1. The maximum atomic E-state index is 12.6. The summed E-state index contributed by atoms with van der Waals surface area (Å²) >= 11 is 0. The zero-order chi connectivity index (χ0) is 14.7. The lowest BCUT2D eigenvalue weighted by molar-refractivity contribution is -0.384. The first-order valence-electron chi connectivity index (χ1n) is 6.86. The van der Waals surface area contributed by atoms with Gasteiger partial charge in [0, 0.05) is 19.6 Å². The van der Waals surface area contributed by atoms with E-state index in [0.29, 0.717) is 12.2 Å². The minimum absolute atomic E-state index is 0.137. The van der Waals surface area contributed by atoms with E-state index in [-0.39, 0.29) is 23.2 Å². The van der Waals surface area contributed by atoms with E-state index in [1.54, 1.807) is 24.1 Å². The molecule has 20 heavy (non-hydrogen) atoms. The van der Waals surface area contributed by atoms with Crippen LogP contribution < -0.4 is 5.32 Å². The van der Waals surface area contributed by atoms with Gasteiger partial charge in [-0.25, -0.2) is 0 Å². The molecular weight excluding hydrogens is 258 g/mol. The highest BCUT2D eigenvalue weighted by atomic mass is 16.6. The third kappa shape index (κ3) is 2.74. The highest BCUT2D eigenvalue weighted by molar-refractivity contribution is 6.00. The minimum Gasteiger partial charge on any atom is -0.383 e. The third-order valence-corrected chi connectivity index (χ3v) is 3.43. The Balaban J connectivity index is 2.40. The Morgan fingerprint density at radius 2 is 2.20 bits per heavy atom. The summed E-state index contributed by atoms with van der Waals surface area (Å²) in [6.45, 7) is 2.64. The molecule has 0 aliphatic heterocycles. The van der Waals surface area contributed by atoms with Crippen LogP contribution in [0.3, 0.4) is 0 Å². The van der Waals surface area contributed by atoms with Crippen LogP contribution in [0.5, 0.6) is 0 Å². The van der Waals surface area contributed by atoms with Crippen LogP contribution in [0, 0.1) is 10.1 Å². The maximum absolute atomic E-state index is 12.6. The average molecular weight is 277 g/mol. The summed E-state index contributed by atoms with van der Waals surface area (Å²) in [5, 5.41) is 14.0. The molecule has 0 aromatic heterocycles. The second-order valence-corrected chi connectivity index (χ2v) is 4.94. The maximum Gasteiger partial charge on any atom is 0.305 e. The van der Waals surface area contributed by atoms with Crippen LogP contribution in [0.25, 0.3) is 0 Å². The van der Waals surface area contributed by atoms with Crippen molar-refractivity contribution in [3.05, 3.63) is 33.9 Å². The number of amides is 1. The van der Waals surface area contributed by atoms with Crippen LogP contribution in [0.15, 0.2) is 18.2 Å². The molecule has 0 radical (unpaired) electrons. The topological polar surface area (TPSA) is 75.5 Å². The Morgan fingerprint density at radius 3 is 2.70 bits per heavy atom. The van der Waals surface area contributed by atoms with E-state index in [1.165, 1.54) is 6.07 Å². The van der Waals surface area contributed by atoms with E-state index in [1.807, 2.05) is 6.92 Å². The highest BCUT2D eigenvalue weighted by Crippen LogP contribution is 2.33. The number of carbonyl (C=O) groups excluding carboxylic acids is 1. The van der Waals surface area contributed by atoms with Gasteiger partial charge in [0.05, 0.1) is 4.92 Å². The number of hydrogen-bond donors (Lipinski definition) is 1. The second kappa shape index (κ2) is 5.90. The summed E-state index contributed by atoms with van der Waals surface area (Å²) in [6.07, 6.45) is 2.83. The van der Waals surface area contributed by atoms with Crippen molar-refractivity contribution in [1.29, 1.82) is 0 Å². The van der Waals surface area contributed by atoms with Crippen molar-refractivity contribution in [2.24, 2.45) is 0 Å². The van der Waals surface area contributed by atoms with Gasteiger partial charge in [0.2, 0.25) is 0 Å². The van der Waals surface area contributed by atoms with Gasteiger partial charge in [-0.15, -0.1) is 0 Å². The standard InChI is InChI=1S/C14H19N3O3/c1-3-9-16(10-7-8-10)14(18)11-5-4-6-12(15-2)13(11)17(19)20/h4-6,10,15H,3,7-9H2,1-2H3. The van der Waals surface area contributed by atoms with Gasteiger partial charge in [0.1, 0.15) is 11.3 Å². The number of nitro benzene ring substituents is 1. The first-order valence-corrected chi connectivity index (χ1v) is 6.86. The van der Waals surface area contributed by atoms with Crippen LogP contribution in [0.1, 0.15) is 36.5 Å². The number of nitrogens with zero attached hydrogens (tertiary/aromatic N) is 2. The Kier molecular flexibility index (Phi) is 4.22. The molecule has 0 bridgehead atoms. The van der Waals surface area contributed by atoms with Crippen molar-refractivity contribution in [3.8, 4) is 0 Å². The van der Waals surface area contributed by atoms with Crippen molar-refractivity contribution in [3.63, 3.8) is 0 Å². The Labute approximate surface area is 117 Å². The van der Waals surface area contributed by atoms with Crippen LogP contribution in [-0.2, 0) is 0 Å². The van der Waals surface area contributed by atoms with E-state index in [0.717, 1.165) is 19.3 Å². The summed E-state index contributed by atoms with van der Waals surface area (Å²) in [5.74, 6) is -0.238. The van der Waals surface area contributed by atoms with Gasteiger partial charge in [-0.2, -0.15) is 0 Å². The van der Waals surface area contributed by atoms with Gasteiger partial charge >= 0.3 is 5.69 Å². The fourth-order valence-electron chi connectivity index (χ4n) is 2.35. The molecule has 1 aromatic rings. The Hall–Kier alpha value is -2.11. The smallest absolute Gasteiger partial charge is 0.305 e. The molecule has 1 aliphatic rings. The molecule has 1 amide bonds. The number of nitro groups is 1. The third-order valence-electron chi connectivity index (χ3n) is 3.43. The number of anilines is 1. The van der Waals surface area contributed by atoms with Crippen molar-refractivity contribution in [1.82, 2.24) is 4.90 Å². The molecule has 0 unspecified atom stereocenters. The number of rotatable bonds is 6. The molecule has 0 spiro atoms. The molecule has 108 valence electrons. The zero-order valence-electron chi connectivity index (χ0n) is 11.8. The fourth-order valence-corrected chi connectivity index (χ4v) is 2.35. The zero-order valence-corrected chi connectivity index (χ0v) is 11.8. The monoisotopic (exact) mass is 277 g/mol. The molecule has 0 atom stereocenters. The molecule has 0 heterocycles. The van der Waals surface area contributed by atoms with Gasteiger partial charge < -0.3 is 10.2 Å². The average Bonchev–Trinajstić information content (AvgIpc) is 3.27. The molecule has 1 saturated carbocycles. The van der Waals surface area contributed by atoms with Crippen LogP contribution in [0.2, 0.25) is 0 Å². The van der Waals surface area contributed by atoms with E-state index in [4.69, 9.17) is 0 Å². The summed E-state index contributed by atoms with van der Waals surface area (Å²) < 4.78 is 0. The van der Waals surface area contributed by atoms with E-state index < -0.39 is 4.92 Å². The molecule has 1 aliphatic carbocycles. The van der Waals surface area contributed by atoms with E-state index in [9.17, 15) is 14.9 Å². The van der Waals surface area contributed by atoms with Gasteiger partial charge in [-0.05, 0) is 31.4 Å². The van der Waals surface area contributed by atoms with Gasteiger partial charge in [0.25, 0.3) is 5.91 Å². The lowest BCUT2D eigenvalue weighted by Gasteiger charge is -2.22. The predicted octanol–water partition coefficient (Wildman–Crippen LogP) is 2.65. The van der Waals surface area contributed by atoms with E-state index in [2.05, 4.69) is 5.32 Å². The van der Waals surface area contributed by atoms with Crippen LogP contribution >= 0.6 is 0 Å². The number of hydrogen-bond acceptors (Lipinski definition) is 4. The number of para-hydroxylation sites is 1. The van der Waals surface area contributed by atoms with Crippen molar-refractivity contribution in [2.45, 2.75) is 32.2 Å². The highest BCUT2D eigenvalue weighted by Gasteiger charge is 2.35. The van der Waals surface area contributed by atoms with Gasteiger partial charge in [-0.3, -0.25) is 14.9 Å². The van der Waals surface area contributed by atoms with Gasteiger partial charge in [-0.1, -0.05) is 13.0 Å². The molecule has 1 N–H and O–H groups in total. The molecular formula is C14H19N3O3. The fraction of sp³-hybridized carbons (Fsp3) is 0.500. The lowest BCUT2D eigenvalue weighted by Crippen LogP contribution is -2.34. The normalized spacial score (nSPS) is 13.9. The largest absolute Gasteiger partial charge is 0.383 e.